The second-order valence-corrected chi connectivity index (χ2v) is 8.71. The molecule has 25 heavy (non-hydrogen) atoms. The second kappa shape index (κ2) is 7.85. The fraction of sp³-hybridized carbons (Fsp3) is 0.611. The van der Waals surface area contributed by atoms with Gasteiger partial charge in [-0.25, -0.2) is 8.42 Å². The number of likely N-dealkylation sites (N-methyl/N-ethyl adjacent to an activating group) is 1. The van der Waals surface area contributed by atoms with Gasteiger partial charge in [0.1, 0.15) is 0 Å². The molecule has 2 heterocycles. The third kappa shape index (κ3) is 4.04. The van der Waals surface area contributed by atoms with E-state index in [9.17, 15) is 13.2 Å². The fourth-order valence-electron chi connectivity index (χ4n) is 3.73. The number of amides is 1. The van der Waals surface area contributed by atoms with Gasteiger partial charge in [0.05, 0.1) is 4.90 Å². The van der Waals surface area contributed by atoms with Gasteiger partial charge < -0.3 is 5.32 Å². The summed E-state index contributed by atoms with van der Waals surface area (Å²) in [7, 11) is -3.49. The maximum atomic E-state index is 12.6. The van der Waals surface area contributed by atoms with Crippen LogP contribution in [-0.4, -0.2) is 62.3 Å². The van der Waals surface area contributed by atoms with Crippen molar-refractivity contribution in [1.29, 1.82) is 0 Å². The Balaban J connectivity index is 1.67. The molecule has 0 saturated carbocycles. The molecule has 2 saturated heterocycles. The van der Waals surface area contributed by atoms with Gasteiger partial charge in [-0.05, 0) is 57.0 Å². The lowest BCUT2D eigenvalue weighted by molar-refractivity contribution is 0.0941. The van der Waals surface area contributed by atoms with E-state index < -0.39 is 10.0 Å². The van der Waals surface area contributed by atoms with Gasteiger partial charge >= 0.3 is 0 Å². The van der Waals surface area contributed by atoms with Crippen molar-refractivity contribution in [2.45, 2.75) is 43.5 Å². The summed E-state index contributed by atoms with van der Waals surface area (Å²) in [6, 6.07) is 6.76. The van der Waals surface area contributed by atoms with Crippen molar-refractivity contribution < 1.29 is 13.2 Å². The van der Waals surface area contributed by atoms with Gasteiger partial charge in [0.2, 0.25) is 10.0 Å². The molecule has 0 aromatic heterocycles. The standard InChI is InChI=1S/C18H27N3O3S/c1-2-20-10-6-8-16(20)14-19-18(22)15-7-5-9-17(13-15)25(23,24)21-11-3-4-12-21/h5,7,9,13,16H,2-4,6,8,10-12,14H2,1H3,(H,19,22)/t16-/m0/s1. The van der Waals surface area contributed by atoms with E-state index in [4.69, 9.17) is 0 Å². The lowest BCUT2D eigenvalue weighted by atomic mass is 10.2. The Morgan fingerprint density at radius 2 is 1.96 bits per heavy atom. The summed E-state index contributed by atoms with van der Waals surface area (Å²) in [5, 5.41) is 2.96. The molecule has 2 aliphatic rings. The zero-order valence-electron chi connectivity index (χ0n) is 14.8. The molecular weight excluding hydrogens is 338 g/mol. The average Bonchev–Trinajstić information content (AvgIpc) is 3.31. The number of sulfonamides is 1. The Kier molecular flexibility index (Phi) is 5.76. The van der Waals surface area contributed by atoms with Crippen molar-refractivity contribution in [1.82, 2.24) is 14.5 Å². The molecule has 1 aromatic carbocycles. The first-order valence-electron chi connectivity index (χ1n) is 9.15. The Bertz CT molecular complexity index is 714. The second-order valence-electron chi connectivity index (χ2n) is 6.77. The number of carbonyl (C=O) groups excluding carboxylic acids is 1. The summed E-state index contributed by atoms with van der Waals surface area (Å²) in [4.78, 5) is 15.0. The van der Waals surface area contributed by atoms with Crippen molar-refractivity contribution >= 4 is 15.9 Å². The number of rotatable bonds is 6. The third-order valence-electron chi connectivity index (χ3n) is 5.20. The number of nitrogens with one attached hydrogen (secondary N) is 1. The van der Waals surface area contributed by atoms with Crippen LogP contribution in [0.4, 0.5) is 0 Å². The third-order valence-corrected chi connectivity index (χ3v) is 7.10. The number of carbonyl (C=O) groups is 1. The summed E-state index contributed by atoms with van der Waals surface area (Å²) >= 11 is 0. The van der Waals surface area contributed by atoms with Gasteiger partial charge in [-0.3, -0.25) is 9.69 Å². The van der Waals surface area contributed by atoms with Crippen molar-refractivity contribution in [2.24, 2.45) is 0 Å². The molecule has 2 fully saturated rings. The molecule has 0 bridgehead atoms. The van der Waals surface area contributed by atoms with Gasteiger partial charge in [0.15, 0.2) is 0 Å². The van der Waals surface area contributed by atoms with E-state index in [2.05, 4.69) is 17.1 Å². The van der Waals surface area contributed by atoms with Crippen molar-refractivity contribution in [3.8, 4) is 0 Å². The summed E-state index contributed by atoms with van der Waals surface area (Å²) in [6.07, 6.45) is 4.05. The molecule has 0 spiro atoms. The van der Waals surface area contributed by atoms with E-state index in [0.717, 1.165) is 38.8 Å². The monoisotopic (exact) mass is 365 g/mol. The Labute approximate surface area is 150 Å². The summed E-state index contributed by atoms with van der Waals surface area (Å²) in [5.41, 5.74) is 0.404. The summed E-state index contributed by atoms with van der Waals surface area (Å²) in [5.74, 6) is -0.207. The molecule has 7 heteroatoms. The highest BCUT2D eigenvalue weighted by molar-refractivity contribution is 7.89. The smallest absolute Gasteiger partial charge is 0.251 e. The number of hydrogen-bond donors (Lipinski definition) is 1. The Morgan fingerprint density at radius 3 is 2.68 bits per heavy atom. The minimum absolute atomic E-state index is 0.207. The van der Waals surface area contributed by atoms with Gasteiger partial charge in [0, 0.05) is 31.2 Å². The first-order chi connectivity index (χ1) is 12.0. The first kappa shape index (κ1) is 18.4. The molecule has 1 atom stereocenters. The largest absolute Gasteiger partial charge is 0.350 e. The number of hydrogen-bond acceptors (Lipinski definition) is 4. The van der Waals surface area contributed by atoms with E-state index in [1.165, 1.54) is 10.4 Å². The molecule has 1 aromatic rings. The highest BCUT2D eigenvalue weighted by Crippen LogP contribution is 2.21. The van der Waals surface area contributed by atoms with Crippen molar-refractivity contribution in [2.75, 3.05) is 32.7 Å². The van der Waals surface area contributed by atoms with Gasteiger partial charge in [-0.2, -0.15) is 4.31 Å². The van der Waals surface area contributed by atoms with E-state index in [1.807, 2.05) is 0 Å². The molecule has 0 unspecified atom stereocenters. The first-order valence-corrected chi connectivity index (χ1v) is 10.6. The molecule has 6 nitrogen and oxygen atoms in total. The quantitative estimate of drug-likeness (QED) is 0.833. The van der Waals surface area contributed by atoms with Crippen LogP contribution >= 0.6 is 0 Å². The van der Waals surface area contributed by atoms with E-state index in [0.29, 0.717) is 31.2 Å². The predicted molar refractivity (Wildman–Crippen MR) is 97.0 cm³/mol. The maximum absolute atomic E-state index is 12.6. The normalized spacial score (nSPS) is 22.4. The van der Waals surface area contributed by atoms with Crippen LogP contribution in [0.2, 0.25) is 0 Å². The topological polar surface area (TPSA) is 69.7 Å². The zero-order valence-corrected chi connectivity index (χ0v) is 15.6. The Morgan fingerprint density at radius 1 is 1.20 bits per heavy atom. The number of likely N-dealkylation sites (tertiary alicyclic amines) is 1. The van der Waals surface area contributed by atoms with E-state index in [1.54, 1.807) is 18.2 Å². The van der Waals surface area contributed by atoms with Crippen LogP contribution in [0.25, 0.3) is 0 Å². The van der Waals surface area contributed by atoms with Crippen LogP contribution in [0.15, 0.2) is 29.2 Å². The number of benzene rings is 1. The molecule has 0 radical (unpaired) electrons. The highest BCUT2D eigenvalue weighted by atomic mass is 32.2. The van der Waals surface area contributed by atoms with Gasteiger partial charge in [-0.1, -0.05) is 13.0 Å². The summed E-state index contributed by atoms with van der Waals surface area (Å²) in [6.45, 7) is 5.94. The SMILES string of the molecule is CCN1CCC[C@H]1CNC(=O)c1cccc(S(=O)(=O)N2CCCC2)c1. The van der Waals surface area contributed by atoms with Crippen molar-refractivity contribution in [3.63, 3.8) is 0 Å². The summed E-state index contributed by atoms with van der Waals surface area (Å²) < 4.78 is 26.8. The molecule has 138 valence electrons. The minimum Gasteiger partial charge on any atom is -0.350 e. The van der Waals surface area contributed by atoms with Gasteiger partial charge in [0.25, 0.3) is 5.91 Å². The molecule has 1 amide bonds. The van der Waals surface area contributed by atoms with Crippen LogP contribution < -0.4 is 5.32 Å². The minimum atomic E-state index is -3.49. The predicted octanol–water partition coefficient (Wildman–Crippen LogP) is 1.69. The van der Waals surface area contributed by atoms with Crippen LogP contribution in [0.1, 0.15) is 43.0 Å². The molecule has 0 aliphatic carbocycles. The average molecular weight is 365 g/mol. The van der Waals surface area contributed by atoms with Gasteiger partial charge in [-0.15, -0.1) is 0 Å². The molecule has 3 rings (SSSR count). The Hall–Kier alpha value is -1.44. The van der Waals surface area contributed by atoms with E-state index in [-0.39, 0.29) is 10.8 Å². The maximum Gasteiger partial charge on any atom is 0.251 e. The molecule has 1 N–H and O–H groups in total. The van der Waals surface area contributed by atoms with Crippen LogP contribution in [0, 0.1) is 0 Å². The van der Waals surface area contributed by atoms with E-state index >= 15 is 0 Å². The van der Waals surface area contributed by atoms with Crippen LogP contribution in [-0.2, 0) is 10.0 Å². The fourth-order valence-corrected chi connectivity index (χ4v) is 5.29. The lowest BCUT2D eigenvalue weighted by Gasteiger charge is -2.23. The molecule has 2 aliphatic heterocycles. The highest BCUT2D eigenvalue weighted by Gasteiger charge is 2.28. The zero-order chi connectivity index (χ0) is 17.9. The number of nitrogens with zero attached hydrogens (tertiary/aromatic N) is 2. The van der Waals surface area contributed by atoms with Crippen LogP contribution in [0.3, 0.4) is 0 Å². The van der Waals surface area contributed by atoms with Crippen LogP contribution in [0.5, 0.6) is 0 Å². The lowest BCUT2D eigenvalue weighted by Crippen LogP contribution is -2.40. The van der Waals surface area contributed by atoms with Crippen molar-refractivity contribution in [3.05, 3.63) is 29.8 Å². The molecular formula is C18H27N3O3S.